The normalized spacial score (nSPS) is 14.8. The van der Waals surface area contributed by atoms with Crippen LogP contribution in [-0.2, 0) is 11.3 Å². The van der Waals surface area contributed by atoms with Crippen LogP contribution in [0, 0.1) is 12.7 Å². The zero-order valence-corrected chi connectivity index (χ0v) is 20.3. The number of rotatable bonds is 7. The summed E-state index contributed by atoms with van der Waals surface area (Å²) in [5.74, 6) is -0.820. The number of pyridine rings is 1. The van der Waals surface area contributed by atoms with E-state index in [0.717, 1.165) is 50.4 Å². The van der Waals surface area contributed by atoms with Crippen LogP contribution in [0.25, 0.3) is 16.6 Å². The number of piperazine rings is 1. The fourth-order valence-electron chi connectivity index (χ4n) is 4.64. The minimum atomic E-state index is -0.490. The summed E-state index contributed by atoms with van der Waals surface area (Å²) in [6, 6.07) is 5.10. The van der Waals surface area contributed by atoms with Crippen molar-refractivity contribution in [2.24, 2.45) is 0 Å². The van der Waals surface area contributed by atoms with E-state index in [4.69, 9.17) is 4.74 Å². The van der Waals surface area contributed by atoms with Gasteiger partial charge in [0.25, 0.3) is 5.91 Å². The topological polar surface area (TPSA) is 79.9 Å². The third-order valence-corrected chi connectivity index (χ3v) is 6.48. The van der Waals surface area contributed by atoms with Gasteiger partial charge in [0.15, 0.2) is 11.5 Å². The maximum Gasteiger partial charge on any atom is 0.257 e. The maximum absolute atomic E-state index is 14.5. The van der Waals surface area contributed by atoms with Gasteiger partial charge < -0.3 is 19.4 Å². The standard InChI is InChI=1S/C25H30FN7O2/c1-4-33-16-20-22(31-9-7-30(8-10-31)11-12-35-3)6-5-19(23(20)29-33)25(34)28-18-13-21(26)24-27-17(2)14-32(24)15-18/h5-6,13-16H,4,7-12H2,1-3H3,(H,28,34). The molecule has 0 spiro atoms. The number of methoxy groups -OCH3 is 1. The zero-order chi connectivity index (χ0) is 24.5. The van der Waals surface area contributed by atoms with Crippen LogP contribution >= 0.6 is 0 Å². The molecule has 1 fully saturated rings. The van der Waals surface area contributed by atoms with Crippen LogP contribution in [0.2, 0.25) is 0 Å². The number of ether oxygens (including phenoxy) is 1. The first-order valence-electron chi connectivity index (χ1n) is 11.9. The van der Waals surface area contributed by atoms with E-state index in [1.807, 2.05) is 29.9 Å². The molecule has 0 saturated carbocycles. The van der Waals surface area contributed by atoms with Crippen molar-refractivity contribution < 1.29 is 13.9 Å². The van der Waals surface area contributed by atoms with Crippen molar-refractivity contribution in [3.8, 4) is 0 Å². The molecule has 0 aliphatic carbocycles. The van der Waals surface area contributed by atoms with E-state index in [0.29, 0.717) is 29.0 Å². The predicted molar refractivity (Wildman–Crippen MR) is 134 cm³/mol. The Morgan fingerprint density at radius 3 is 2.71 bits per heavy atom. The minimum Gasteiger partial charge on any atom is -0.383 e. The Kier molecular flexibility index (Phi) is 6.40. The molecule has 0 radical (unpaired) electrons. The highest BCUT2D eigenvalue weighted by Crippen LogP contribution is 2.30. The van der Waals surface area contributed by atoms with Gasteiger partial charge in [-0.2, -0.15) is 5.10 Å². The summed E-state index contributed by atoms with van der Waals surface area (Å²) in [7, 11) is 1.73. The van der Waals surface area contributed by atoms with Gasteiger partial charge in [-0.3, -0.25) is 14.4 Å². The predicted octanol–water partition coefficient (Wildman–Crippen LogP) is 3.17. The number of aryl methyl sites for hydroxylation is 2. The van der Waals surface area contributed by atoms with Gasteiger partial charge in [-0.05, 0) is 26.0 Å². The molecule has 4 aromatic rings. The molecule has 35 heavy (non-hydrogen) atoms. The molecule has 0 atom stereocenters. The molecule has 1 saturated heterocycles. The summed E-state index contributed by atoms with van der Waals surface area (Å²) in [6.07, 6.45) is 5.38. The molecule has 1 aromatic carbocycles. The summed E-state index contributed by atoms with van der Waals surface area (Å²) in [6.45, 7) is 9.87. The van der Waals surface area contributed by atoms with Gasteiger partial charge in [0.1, 0.15) is 5.52 Å². The van der Waals surface area contributed by atoms with Gasteiger partial charge in [-0.25, -0.2) is 9.37 Å². The molecule has 10 heteroatoms. The Morgan fingerprint density at radius 2 is 1.97 bits per heavy atom. The lowest BCUT2D eigenvalue weighted by Crippen LogP contribution is -2.47. The first kappa shape index (κ1) is 23.3. The summed E-state index contributed by atoms with van der Waals surface area (Å²) >= 11 is 0. The van der Waals surface area contributed by atoms with Crippen LogP contribution in [-0.4, -0.2) is 76.4 Å². The number of benzene rings is 1. The van der Waals surface area contributed by atoms with Crippen LogP contribution in [0.1, 0.15) is 23.0 Å². The van der Waals surface area contributed by atoms with E-state index in [-0.39, 0.29) is 11.6 Å². The van der Waals surface area contributed by atoms with Gasteiger partial charge in [-0.1, -0.05) is 0 Å². The van der Waals surface area contributed by atoms with E-state index in [1.54, 1.807) is 30.8 Å². The molecule has 1 aliphatic heterocycles. The molecule has 3 aromatic heterocycles. The highest BCUT2D eigenvalue weighted by molar-refractivity contribution is 6.13. The minimum absolute atomic E-state index is 0.233. The van der Waals surface area contributed by atoms with Crippen LogP contribution < -0.4 is 10.2 Å². The lowest BCUT2D eigenvalue weighted by atomic mass is 10.1. The number of carbonyl (C=O) groups is 1. The highest BCUT2D eigenvalue weighted by atomic mass is 19.1. The number of nitrogens with one attached hydrogen (secondary N) is 1. The third-order valence-electron chi connectivity index (χ3n) is 6.48. The van der Waals surface area contributed by atoms with Crippen molar-refractivity contribution in [1.82, 2.24) is 24.1 Å². The smallest absolute Gasteiger partial charge is 0.257 e. The summed E-state index contributed by atoms with van der Waals surface area (Å²) in [5.41, 5.74) is 3.46. The second kappa shape index (κ2) is 9.63. The molecule has 0 unspecified atom stereocenters. The summed E-state index contributed by atoms with van der Waals surface area (Å²) in [5, 5.41) is 8.47. The van der Waals surface area contributed by atoms with Crippen molar-refractivity contribution >= 4 is 33.8 Å². The lowest BCUT2D eigenvalue weighted by Gasteiger charge is -2.36. The number of anilines is 2. The molecular formula is C25H30FN7O2. The number of imidazole rings is 1. The number of nitrogens with zero attached hydrogens (tertiary/aromatic N) is 6. The maximum atomic E-state index is 14.5. The number of amides is 1. The number of hydrogen-bond acceptors (Lipinski definition) is 6. The van der Waals surface area contributed by atoms with E-state index >= 15 is 0 Å². The van der Waals surface area contributed by atoms with Crippen molar-refractivity contribution in [1.29, 1.82) is 0 Å². The molecule has 184 valence electrons. The highest BCUT2D eigenvalue weighted by Gasteiger charge is 2.22. The second-order valence-corrected chi connectivity index (χ2v) is 8.84. The number of fused-ring (bicyclic) bond motifs is 2. The second-order valence-electron chi connectivity index (χ2n) is 8.84. The molecular weight excluding hydrogens is 449 g/mol. The van der Waals surface area contributed by atoms with Gasteiger partial charge in [0.2, 0.25) is 0 Å². The molecule has 9 nitrogen and oxygen atoms in total. The fraction of sp³-hybridized carbons (Fsp3) is 0.400. The Balaban J connectivity index is 1.42. The summed E-state index contributed by atoms with van der Waals surface area (Å²) in [4.78, 5) is 22.2. The van der Waals surface area contributed by atoms with E-state index in [1.165, 1.54) is 6.07 Å². The number of carbonyl (C=O) groups excluding carboxylic acids is 1. The summed E-state index contributed by atoms with van der Waals surface area (Å²) < 4.78 is 23.1. The van der Waals surface area contributed by atoms with Crippen molar-refractivity contribution in [2.45, 2.75) is 20.4 Å². The van der Waals surface area contributed by atoms with Gasteiger partial charge in [-0.15, -0.1) is 0 Å². The third kappa shape index (κ3) is 4.59. The van der Waals surface area contributed by atoms with E-state index in [9.17, 15) is 9.18 Å². The first-order valence-corrected chi connectivity index (χ1v) is 11.9. The molecule has 5 rings (SSSR count). The average Bonchev–Trinajstić information content (AvgIpc) is 3.46. The first-order chi connectivity index (χ1) is 17.0. The van der Waals surface area contributed by atoms with Crippen LogP contribution in [0.5, 0.6) is 0 Å². The zero-order valence-electron chi connectivity index (χ0n) is 20.3. The molecule has 1 aliphatic rings. The lowest BCUT2D eigenvalue weighted by molar-refractivity contribution is 0.102. The Hall–Kier alpha value is -3.50. The van der Waals surface area contributed by atoms with Gasteiger partial charge in [0.05, 0.1) is 23.6 Å². The van der Waals surface area contributed by atoms with Gasteiger partial charge in [0, 0.05) is 82.1 Å². The van der Waals surface area contributed by atoms with Crippen molar-refractivity contribution in [2.75, 3.05) is 56.7 Å². The number of halogens is 1. The monoisotopic (exact) mass is 479 g/mol. The van der Waals surface area contributed by atoms with Crippen LogP contribution in [0.3, 0.4) is 0 Å². The largest absolute Gasteiger partial charge is 0.383 e. The number of aromatic nitrogens is 4. The fourth-order valence-corrected chi connectivity index (χ4v) is 4.64. The number of hydrogen-bond donors (Lipinski definition) is 1. The Bertz CT molecular complexity index is 1370. The van der Waals surface area contributed by atoms with Crippen LogP contribution in [0.4, 0.5) is 15.8 Å². The SMILES string of the molecule is CCn1cc2c(N3CCN(CCOC)CC3)ccc(C(=O)Nc3cc(F)c4nc(C)cn4c3)c2n1. The van der Waals surface area contributed by atoms with E-state index in [2.05, 4.69) is 25.2 Å². The molecule has 1 N–H and O–H groups in total. The molecule has 4 heterocycles. The van der Waals surface area contributed by atoms with Gasteiger partial charge >= 0.3 is 0 Å². The van der Waals surface area contributed by atoms with Crippen molar-refractivity contribution in [3.63, 3.8) is 0 Å². The quantitative estimate of drug-likeness (QED) is 0.439. The van der Waals surface area contributed by atoms with E-state index < -0.39 is 5.82 Å². The Labute approximate surface area is 203 Å². The molecule has 0 bridgehead atoms. The molecule has 1 amide bonds. The van der Waals surface area contributed by atoms with Crippen molar-refractivity contribution in [3.05, 3.63) is 53.9 Å². The average molecular weight is 480 g/mol. The van der Waals surface area contributed by atoms with Crippen LogP contribution in [0.15, 0.2) is 36.8 Å². The Morgan fingerprint density at radius 1 is 1.17 bits per heavy atom.